The number of nitrogens with one attached hydrogen (secondary N) is 2. The number of anilines is 2. The third kappa shape index (κ3) is 12.8. The van der Waals surface area contributed by atoms with Crippen LogP contribution in [0.5, 0.6) is 0 Å². The van der Waals surface area contributed by atoms with E-state index in [1.54, 1.807) is 12.1 Å². The van der Waals surface area contributed by atoms with Gasteiger partial charge in [-0.1, -0.05) is 114 Å². The van der Waals surface area contributed by atoms with Gasteiger partial charge in [0.05, 0.1) is 29.3 Å². The Bertz CT molecular complexity index is 1990. The number of aliphatic hydroxyl groups excluding tert-OH is 2. The maximum absolute atomic E-state index is 9.56. The maximum atomic E-state index is 9.56. The van der Waals surface area contributed by atoms with Crippen LogP contribution in [0.3, 0.4) is 0 Å². The molecule has 2 aliphatic rings. The Morgan fingerprint density at radius 3 is 1.29 bits per heavy atom. The van der Waals surface area contributed by atoms with E-state index in [1.807, 2.05) is 97.1 Å². The Morgan fingerprint density at radius 1 is 0.429 bits per heavy atom. The van der Waals surface area contributed by atoms with Crippen molar-refractivity contribution in [1.29, 1.82) is 0 Å². The number of aliphatic hydroxyl groups is 2. The highest BCUT2D eigenvalue weighted by molar-refractivity contribution is 6.32. The molecule has 3 aromatic heterocycles. The van der Waals surface area contributed by atoms with Crippen molar-refractivity contribution in [1.82, 2.24) is 29.9 Å². The molecule has 3 aromatic carbocycles. The first kappa shape index (κ1) is 41.2. The minimum atomic E-state index is -0.164. The maximum Gasteiger partial charge on any atom is 0.224 e. The van der Waals surface area contributed by atoms with Crippen molar-refractivity contribution in [3.05, 3.63) is 130 Å². The molecule has 0 bridgehead atoms. The van der Waals surface area contributed by atoms with E-state index in [2.05, 4.69) is 40.5 Å². The van der Waals surface area contributed by atoms with E-state index in [1.165, 1.54) is 0 Å². The van der Waals surface area contributed by atoms with E-state index in [4.69, 9.17) is 46.4 Å². The first-order chi connectivity index (χ1) is 27.2. The number of benzene rings is 3. The highest BCUT2D eigenvalue weighted by Gasteiger charge is 2.21. The minimum absolute atomic E-state index is 0.156. The normalized spacial score (nSPS) is 19.0. The van der Waals surface area contributed by atoms with Gasteiger partial charge in [0, 0.05) is 47.0 Å². The van der Waals surface area contributed by atoms with E-state index in [-0.39, 0.29) is 22.8 Å². The van der Waals surface area contributed by atoms with Crippen molar-refractivity contribution in [2.75, 3.05) is 10.6 Å². The predicted molar refractivity (Wildman–Crippen MR) is 226 cm³/mol. The van der Waals surface area contributed by atoms with Crippen molar-refractivity contribution in [3.63, 3.8) is 0 Å². The van der Waals surface area contributed by atoms with Crippen LogP contribution in [0.25, 0.3) is 33.8 Å². The molecule has 6 aromatic rings. The van der Waals surface area contributed by atoms with Crippen LogP contribution in [-0.4, -0.2) is 64.4 Å². The summed E-state index contributed by atoms with van der Waals surface area (Å²) in [4.78, 5) is 25.2. The summed E-state index contributed by atoms with van der Waals surface area (Å²) in [6.07, 6.45) is 6.75. The molecule has 2 saturated carbocycles. The predicted octanol–water partition coefficient (Wildman–Crippen LogP) is 10.5. The molecule has 2 aliphatic carbocycles. The van der Waals surface area contributed by atoms with Crippen molar-refractivity contribution < 1.29 is 10.2 Å². The van der Waals surface area contributed by atoms with Crippen molar-refractivity contribution in [2.45, 2.75) is 75.7 Å². The largest absolute Gasteiger partial charge is 0.393 e. The van der Waals surface area contributed by atoms with Crippen LogP contribution in [0, 0.1) is 0 Å². The Morgan fingerprint density at radius 2 is 0.821 bits per heavy atom. The topological polar surface area (TPSA) is 142 Å². The number of nitrogens with zero attached hydrogens (tertiary/aromatic N) is 6. The molecule has 0 atom stereocenters. The fourth-order valence-corrected chi connectivity index (χ4v) is 7.24. The molecule has 2 fully saturated rings. The first-order valence-electron chi connectivity index (χ1n) is 18.5. The third-order valence-corrected chi connectivity index (χ3v) is 10.1. The molecule has 3 heterocycles. The lowest BCUT2D eigenvalue weighted by atomic mass is 9.93. The number of hydrogen-bond donors (Lipinski definition) is 4. The molecule has 0 spiro atoms. The van der Waals surface area contributed by atoms with E-state index in [9.17, 15) is 10.2 Å². The molecule has 10 nitrogen and oxygen atoms in total. The van der Waals surface area contributed by atoms with Crippen LogP contribution >= 0.6 is 46.4 Å². The van der Waals surface area contributed by atoms with Gasteiger partial charge < -0.3 is 20.8 Å². The summed E-state index contributed by atoms with van der Waals surface area (Å²) >= 11 is 23.6. The summed E-state index contributed by atoms with van der Waals surface area (Å²) in [5.74, 6) is 1.30. The number of hydrogen-bond acceptors (Lipinski definition) is 10. The molecule has 14 heteroatoms. The van der Waals surface area contributed by atoms with Crippen LogP contribution in [0.2, 0.25) is 20.9 Å². The summed E-state index contributed by atoms with van der Waals surface area (Å²) in [5, 5.41) is 27.0. The fraction of sp³-hybridized carbons (Fsp3) is 0.286. The zero-order chi connectivity index (χ0) is 39.3. The van der Waals surface area contributed by atoms with Gasteiger partial charge in [-0.25, -0.2) is 29.9 Å². The molecule has 0 radical (unpaired) electrons. The van der Waals surface area contributed by atoms with Gasteiger partial charge in [0.1, 0.15) is 16.1 Å². The zero-order valence-corrected chi connectivity index (χ0v) is 33.5. The average molecular weight is 833 g/mol. The Balaban J connectivity index is 0.000000146. The fourth-order valence-electron chi connectivity index (χ4n) is 6.47. The van der Waals surface area contributed by atoms with Gasteiger partial charge in [-0.2, -0.15) is 0 Å². The summed E-state index contributed by atoms with van der Waals surface area (Å²) in [6.45, 7) is 0. The smallest absolute Gasteiger partial charge is 0.224 e. The highest BCUT2D eigenvalue weighted by Crippen LogP contribution is 2.27. The van der Waals surface area contributed by atoms with E-state index in [0.717, 1.165) is 91.0 Å². The Kier molecular flexibility index (Phi) is 15.2. The summed E-state index contributed by atoms with van der Waals surface area (Å²) in [7, 11) is 0. The van der Waals surface area contributed by atoms with Gasteiger partial charge in [0.25, 0.3) is 0 Å². The molecule has 0 amide bonds. The number of halogens is 4. The second kappa shape index (κ2) is 20.7. The Labute approximate surface area is 346 Å². The zero-order valence-electron chi connectivity index (χ0n) is 30.4. The second-order valence-electron chi connectivity index (χ2n) is 13.5. The summed E-state index contributed by atoms with van der Waals surface area (Å²) < 4.78 is 0. The summed E-state index contributed by atoms with van der Waals surface area (Å²) in [6, 6.07) is 35.5. The van der Waals surface area contributed by atoms with Crippen LogP contribution < -0.4 is 10.6 Å². The molecule has 56 heavy (non-hydrogen) atoms. The van der Waals surface area contributed by atoms with Gasteiger partial charge >= 0.3 is 0 Å². The average Bonchev–Trinajstić information content (AvgIpc) is 3.20. The lowest BCUT2D eigenvalue weighted by Crippen LogP contribution is -2.29. The van der Waals surface area contributed by atoms with Gasteiger partial charge in [0.15, 0.2) is 0 Å². The molecule has 0 saturated heterocycles. The van der Waals surface area contributed by atoms with E-state index in [0.29, 0.717) is 28.3 Å². The van der Waals surface area contributed by atoms with Crippen LogP contribution in [0.4, 0.5) is 11.8 Å². The highest BCUT2D eigenvalue weighted by atomic mass is 35.5. The lowest BCUT2D eigenvalue weighted by Gasteiger charge is -2.26. The van der Waals surface area contributed by atoms with Gasteiger partial charge in [-0.15, -0.1) is 0 Å². The molecular formula is C42H42Cl4N8O2. The van der Waals surface area contributed by atoms with Gasteiger partial charge in [-0.05, 0) is 74.6 Å². The van der Waals surface area contributed by atoms with Crippen LogP contribution in [-0.2, 0) is 0 Å². The second-order valence-corrected chi connectivity index (χ2v) is 15.0. The number of rotatable bonds is 7. The minimum Gasteiger partial charge on any atom is -0.393 e. The molecule has 8 rings (SSSR count). The lowest BCUT2D eigenvalue weighted by molar-refractivity contribution is 0.125. The SMILES string of the molecule is Clc1cc(-c2ccccc2)nc(Cl)n1.OC1CCC(Nc2cc(-c3ccccc3)nc(Cl)n2)CC1.OC1CCC(Nc2nc(Cl)cc(-c3ccccc3)n2)CC1. The van der Waals surface area contributed by atoms with Gasteiger partial charge in [-0.3, -0.25) is 0 Å². The van der Waals surface area contributed by atoms with Gasteiger partial charge in [0.2, 0.25) is 16.5 Å². The van der Waals surface area contributed by atoms with Crippen molar-refractivity contribution in [3.8, 4) is 33.8 Å². The van der Waals surface area contributed by atoms with E-state index >= 15 is 0 Å². The van der Waals surface area contributed by atoms with Crippen molar-refractivity contribution in [2.24, 2.45) is 0 Å². The van der Waals surface area contributed by atoms with Crippen LogP contribution in [0.1, 0.15) is 51.4 Å². The van der Waals surface area contributed by atoms with Crippen molar-refractivity contribution >= 4 is 58.2 Å². The summed E-state index contributed by atoms with van der Waals surface area (Å²) in [5.41, 5.74) is 5.37. The quantitative estimate of drug-likeness (QED) is 0.0907. The first-order valence-corrected chi connectivity index (χ1v) is 20.0. The monoisotopic (exact) mass is 830 g/mol. The standard InChI is InChI=1S/2C16H18ClN3O.C10H6Cl2N2/c17-16-19-14(11-4-2-1-3-5-11)10-15(20-16)18-12-6-8-13(21)9-7-12;17-15-10-14(11-4-2-1-3-5-11)19-16(20-15)18-12-6-8-13(21)9-7-12;11-9-6-8(13-10(12)14-9)7-4-2-1-3-5-7/h2*1-5,10,12-13,21H,6-9H2,(H,18,19,20);1-6H. The molecule has 0 aliphatic heterocycles. The molecule has 290 valence electrons. The molecular weight excluding hydrogens is 790 g/mol. The van der Waals surface area contributed by atoms with Crippen LogP contribution in [0.15, 0.2) is 109 Å². The Hall–Kier alpha value is -4.42. The van der Waals surface area contributed by atoms with E-state index < -0.39 is 0 Å². The third-order valence-electron chi connectivity index (χ3n) is 9.35. The molecule has 0 unspecified atom stereocenters. The molecule has 4 N–H and O–H groups in total. The number of aromatic nitrogens is 6.